The molecule has 2 heterocycles. The summed E-state index contributed by atoms with van der Waals surface area (Å²) in [6.45, 7) is -0.471. The summed E-state index contributed by atoms with van der Waals surface area (Å²) in [6, 6.07) is 11.0. The number of nitrogens with zero attached hydrogens (tertiary/aromatic N) is 1. The number of pyridine rings is 1. The van der Waals surface area contributed by atoms with Gasteiger partial charge in [-0.15, -0.1) is 11.3 Å². The highest BCUT2D eigenvalue weighted by molar-refractivity contribution is 7.20. The lowest BCUT2D eigenvalue weighted by molar-refractivity contribution is -0.119. The fourth-order valence-corrected chi connectivity index (χ4v) is 4.73. The number of aryl methyl sites for hydroxylation is 1. The Bertz CT molecular complexity index is 1120. The van der Waals surface area contributed by atoms with Crippen LogP contribution in [0.25, 0.3) is 10.4 Å². The summed E-state index contributed by atoms with van der Waals surface area (Å²) in [5, 5.41) is 3.11. The van der Waals surface area contributed by atoms with E-state index >= 15 is 0 Å². The van der Waals surface area contributed by atoms with Crippen molar-refractivity contribution in [2.24, 2.45) is 0 Å². The van der Waals surface area contributed by atoms with Crippen LogP contribution in [0.4, 0.5) is 5.00 Å². The third-order valence-electron chi connectivity index (χ3n) is 4.81. The Kier molecular flexibility index (Phi) is 5.58. The molecular formula is C22H18N2O5S. The molecule has 0 unspecified atom stereocenters. The van der Waals surface area contributed by atoms with Gasteiger partial charge in [-0.3, -0.25) is 9.78 Å². The van der Waals surface area contributed by atoms with E-state index in [0.29, 0.717) is 22.5 Å². The molecular weight excluding hydrogens is 404 g/mol. The third-order valence-corrected chi connectivity index (χ3v) is 5.99. The van der Waals surface area contributed by atoms with Crippen LogP contribution in [0, 0.1) is 0 Å². The summed E-state index contributed by atoms with van der Waals surface area (Å²) in [7, 11) is 1.31. The van der Waals surface area contributed by atoms with Gasteiger partial charge in [-0.2, -0.15) is 0 Å². The van der Waals surface area contributed by atoms with Crippen LogP contribution in [0.1, 0.15) is 31.8 Å². The van der Waals surface area contributed by atoms with Gasteiger partial charge < -0.3 is 14.8 Å². The van der Waals surface area contributed by atoms with Crippen molar-refractivity contribution in [1.29, 1.82) is 0 Å². The van der Waals surface area contributed by atoms with E-state index in [2.05, 4.69) is 16.4 Å². The van der Waals surface area contributed by atoms with Crippen molar-refractivity contribution in [1.82, 2.24) is 4.98 Å². The number of aromatic nitrogens is 1. The second kappa shape index (κ2) is 8.46. The van der Waals surface area contributed by atoms with Crippen molar-refractivity contribution >= 4 is 34.2 Å². The van der Waals surface area contributed by atoms with Crippen molar-refractivity contribution in [3.05, 3.63) is 71.0 Å². The molecule has 0 saturated carbocycles. The van der Waals surface area contributed by atoms with E-state index in [0.717, 1.165) is 22.4 Å². The Morgan fingerprint density at radius 1 is 1.07 bits per heavy atom. The monoisotopic (exact) mass is 422 g/mol. The number of benzene rings is 1. The number of ether oxygens (including phenoxy) is 2. The zero-order valence-electron chi connectivity index (χ0n) is 16.1. The molecule has 0 spiro atoms. The van der Waals surface area contributed by atoms with Gasteiger partial charge in [0.2, 0.25) is 0 Å². The zero-order valence-corrected chi connectivity index (χ0v) is 17.0. The first kappa shape index (κ1) is 19.8. The first-order chi connectivity index (χ1) is 14.6. The lowest BCUT2D eigenvalue weighted by Gasteiger charge is -2.16. The maximum atomic E-state index is 12.5. The Morgan fingerprint density at radius 2 is 1.83 bits per heavy atom. The number of hydrogen-bond acceptors (Lipinski definition) is 7. The molecule has 1 aliphatic carbocycles. The largest absolute Gasteiger partial charge is 0.465 e. The van der Waals surface area contributed by atoms with Gasteiger partial charge in [-0.1, -0.05) is 24.3 Å². The lowest BCUT2D eigenvalue weighted by atomic mass is 9.89. The van der Waals surface area contributed by atoms with Crippen LogP contribution in [0.2, 0.25) is 0 Å². The van der Waals surface area contributed by atoms with Crippen molar-refractivity contribution in [2.75, 3.05) is 19.0 Å². The number of carbonyl (C=O) groups excluding carboxylic acids is 3. The van der Waals surface area contributed by atoms with Crippen LogP contribution >= 0.6 is 11.3 Å². The lowest BCUT2D eigenvalue weighted by Crippen LogP contribution is -2.21. The number of carbonyl (C=O) groups is 3. The molecule has 1 aromatic carbocycles. The number of rotatable bonds is 5. The number of esters is 2. The molecule has 0 saturated heterocycles. The maximum Gasteiger partial charge on any atom is 0.341 e. The van der Waals surface area contributed by atoms with E-state index in [-0.39, 0.29) is 0 Å². The SMILES string of the molecule is COC(=O)c1c(NC(=O)COC(=O)c2ccncc2)sc2c1CCc1ccccc1-2. The Labute approximate surface area is 176 Å². The summed E-state index contributed by atoms with van der Waals surface area (Å²) >= 11 is 1.33. The van der Waals surface area contributed by atoms with E-state index in [1.54, 1.807) is 0 Å². The van der Waals surface area contributed by atoms with Gasteiger partial charge in [0.1, 0.15) is 5.00 Å². The normalized spacial score (nSPS) is 11.8. The number of hydrogen-bond donors (Lipinski definition) is 1. The molecule has 7 nitrogen and oxygen atoms in total. The number of thiophene rings is 1. The van der Waals surface area contributed by atoms with Gasteiger partial charge in [-0.25, -0.2) is 9.59 Å². The molecule has 1 aliphatic rings. The molecule has 152 valence electrons. The minimum atomic E-state index is -0.625. The van der Waals surface area contributed by atoms with Crippen LogP contribution in [0.3, 0.4) is 0 Å². The molecule has 30 heavy (non-hydrogen) atoms. The van der Waals surface area contributed by atoms with Crippen molar-refractivity contribution in [3.8, 4) is 10.4 Å². The topological polar surface area (TPSA) is 94.6 Å². The second-order valence-corrected chi connectivity index (χ2v) is 7.64. The summed E-state index contributed by atoms with van der Waals surface area (Å²) < 4.78 is 10.0. The molecule has 0 aliphatic heterocycles. The summed E-state index contributed by atoms with van der Waals surface area (Å²) in [6.07, 6.45) is 4.42. The second-order valence-electron chi connectivity index (χ2n) is 6.62. The van der Waals surface area contributed by atoms with Gasteiger partial charge in [0, 0.05) is 17.3 Å². The van der Waals surface area contributed by atoms with E-state index < -0.39 is 24.5 Å². The number of amides is 1. The Hall–Kier alpha value is -3.52. The van der Waals surface area contributed by atoms with E-state index in [4.69, 9.17) is 9.47 Å². The van der Waals surface area contributed by atoms with E-state index in [1.807, 2.05) is 18.2 Å². The molecule has 0 radical (unpaired) electrons. The minimum Gasteiger partial charge on any atom is -0.465 e. The van der Waals surface area contributed by atoms with Gasteiger partial charge in [0.25, 0.3) is 5.91 Å². The van der Waals surface area contributed by atoms with Crippen molar-refractivity contribution in [2.45, 2.75) is 12.8 Å². The van der Waals surface area contributed by atoms with Gasteiger partial charge in [0.15, 0.2) is 6.61 Å². The van der Waals surface area contributed by atoms with E-state index in [9.17, 15) is 14.4 Å². The highest BCUT2D eigenvalue weighted by Gasteiger charge is 2.29. The average Bonchev–Trinajstić information content (AvgIpc) is 3.15. The molecule has 0 atom stereocenters. The van der Waals surface area contributed by atoms with Crippen LogP contribution < -0.4 is 5.32 Å². The van der Waals surface area contributed by atoms with Crippen LogP contribution in [0.5, 0.6) is 0 Å². The number of fused-ring (bicyclic) bond motifs is 3. The summed E-state index contributed by atoms with van der Waals surface area (Å²) in [4.78, 5) is 41.7. The first-order valence-electron chi connectivity index (χ1n) is 9.27. The number of methoxy groups -OCH3 is 1. The molecule has 2 aromatic heterocycles. The van der Waals surface area contributed by atoms with Crippen LogP contribution in [-0.2, 0) is 27.1 Å². The summed E-state index contributed by atoms with van der Waals surface area (Å²) in [5.74, 6) is -1.66. The minimum absolute atomic E-state index is 0.302. The molecule has 0 bridgehead atoms. The highest BCUT2D eigenvalue weighted by atomic mass is 32.1. The first-order valence-corrected chi connectivity index (χ1v) is 10.1. The fourth-order valence-electron chi connectivity index (χ4n) is 3.41. The predicted molar refractivity (Wildman–Crippen MR) is 112 cm³/mol. The molecule has 1 amide bonds. The number of nitrogens with one attached hydrogen (secondary N) is 1. The fraction of sp³-hybridized carbons (Fsp3) is 0.182. The standard InChI is InChI=1S/C22H18N2O5S/c1-28-22(27)18-16-7-6-13-4-2-3-5-15(13)19(16)30-20(18)24-17(25)12-29-21(26)14-8-10-23-11-9-14/h2-5,8-11H,6-7,12H2,1H3,(H,24,25). The molecule has 8 heteroatoms. The highest BCUT2D eigenvalue weighted by Crippen LogP contribution is 2.45. The van der Waals surface area contributed by atoms with Gasteiger partial charge in [0.05, 0.1) is 18.2 Å². The molecule has 0 fully saturated rings. The van der Waals surface area contributed by atoms with Gasteiger partial charge >= 0.3 is 11.9 Å². The van der Waals surface area contributed by atoms with Crippen molar-refractivity contribution in [3.63, 3.8) is 0 Å². The average molecular weight is 422 g/mol. The van der Waals surface area contributed by atoms with E-state index in [1.165, 1.54) is 48.5 Å². The van der Waals surface area contributed by atoms with Gasteiger partial charge in [-0.05, 0) is 41.7 Å². The Morgan fingerprint density at radius 3 is 2.60 bits per heavy atom. The molecule has 4 rings (SSSR count). The summed E-state index contributed by atoms with van der Waals surface area (Å²) in [5.41, 5.74) is 3.79. The predicted octanol–water partition coefficient (Wildman–Crippen LogP) is 3.49. The third kappa shape index (κ3) is 3.81. The smallest absolute Gasteiger partial charge is 0.341 e. The molecule has 1 N–H and O–H groups in total. The molecule has 3 aromatic rings. The number of anilines is 1. The van der Waals surface area contributed by atoms with Crippen LogP contribution in [-0.4, -0.2) is 36.5 Å². The van der Waals surface area contributed by atoms with Crippen LogP contribution in [0.15, 0.2) is 48.8 Å². The Balaban J connectivity index is 1.55. The quantitative estimate of drug-likeness (QED) is 0.633. The maximum absolute atomic E-state index is 12.5. The van der Waals surface area contributed by atoms with Crippen molar-refractivity contribution < 1.29 is 23.9 Å². The zero-order chi connectivity index (χ0) is 21.1.